The third-order valence-corrected chi connectivity index (χ3v) is 3.50. The number of amides is 2. The molecule has 2 amide bonds. The minimum Gasteiger partial charge on any atom is -0.434 e. The van der Waals surface area contributed by atoms with Gasteiger partial charge in [0.15, 0.2) is 0 Å². The Kier molecular flexibility index (Phi) is 7.77. The molecule has 0 heterocycles. The summed E-state index contributed by atoms with van der Waals surface area (Å²) < 4.78 is 9.63. The van der Waals surface area contributed by atoms with Gasteiger partial charge in [-0.2, -0.15) is 0 Å². The summed E-state index contributed by atoms with van der Waals surface area (Å²) in [7, 11) is 0. The molecule has 2 aromatic rings. The number of nitrogens with one attached hydrogen (secondary N) is 2. The van der Waals surface area contributed by atoms with E-state index < -0.39 is 6.16 Å². The lowest BCUT2D eigenvalue weighted by Crippen LogP contribution is -2.13. The van der Waals surface area contributed by atoms with Gasteiger partial charge in [-0.1, -0.05) is 13.0 Å². The Bertz CT molecular complexity index is 842. The van der Waals surface area contributed by atoms with Gasteiger partial charge in [-0.25, -0.2) is 4.79 Å². The van der Waals surface area contributed by atoms with Crippen molar-refractivity contribution in [1.82, 2.24) is 0 Å². The summed E-state index contributed by atoms with van der Waals surface area (Å²) in [5, 5.41) is 5.49. The molecule has 0 atom stereocenters. The van der Waals surface area contributed by atoms with Crippen molar-refractivity contribution in [2.75, 3.05) is 17.2 Å². The maximum absolute atomic E-state index is 12.3. The number of hydrogen-bond acceptors (Lipinski definition) is 5. The van der Waals surface area contributed by atoms with Crippen molar-refractivity contribution < 1.29 is 23.9 Å². The SMILES string of the molecule is CC/C=C/C(=O)Nc1ccc(NC(=O)c2ccc(OC(=O)OCC)cc2)cc1. The Balaban J connectivity index is 1.92. The monoisotopic (exact) mass is 382 g/mol. The Hall–Kier alpha value is -3.61. The highest BCUT2D eigenvalue weighted by Gasteiger charge is 2.09. The fraction of sp³-hybridized carbons (Fsp3) is 0.190. The first-order valence-electron chi connectivity index (χ1n) is 8.85. The highest BCUT2D eigenvalue weighted by Crippen LogP contribution is 2.17. The second-order valence-corrected chi connectivity index (χ2v) is 5.64. The predicted molar refractivity (Wildman–Crippen MR) is 107 cm³/mol. The van der Waals surface area contributed by atoms with Gasteiger partial charge in [0.05, 0.1) is 6.61 Å². The molecule has 0 spiro atoms. The van der Waals surface area contributed by atoms with Gasteiger partial charge in [-0.05, 0) is 68.0 Å². The molecule has 0 radical (unpaired) electrons. The fourth-order valence-corrected chi connectivity index (χ4v) is 2.17. The third-order valence-electron chi connectivity index (χ3n) is 3.50. The van der Waals surface area contributed by atoms with E-state index in [1.165, 1.54) is 18.2 Å². The molecule has 0 bridgehead atoms. The molecule has 0 saturated carbocycles. The summed E-state index contributed by atoms with van der Waals surface area (Å²) in [6, 6.07) is 12.9. The van der Waals surface area contributed by atoms with E-state index in [1.54, 1.807) is 49.4 Å². The number of carbonyl (C=O) groups is 3. The molecule has 0 fully saturated rings. The van der Waals surface area contributed by atoms with Gasteiger partial charge < -0.3 is 20.1 Å². The van der Waals surface area contributed by atoms with Crippen LogP contribution in [0.15, 0.2) is 60.7 Å². The summed E-state index contributed by atoms with van der Waals surface area (Å²) in [6.45, 7) is 3.85. The van der Waals surface area contributed by atoms with Crippen LogP contribution in [0.4, 0.5) is 16.2 Å². The molecule has 0 unspecified atom stereocenters. The van der Waals surface area contributed by atoms with E-state index in [-0.39, 0.29) is 24.2 Å². The zero-order chi connectivity index (χ0) is 20.4. The van der Waals surface area contributed by atoms with Gasteiger partial charge in [-0.15, -0.1) is 0 Å². The number of hydrogen-bond donors (Lipinski definition) is 2. The molecule has 0 saturated heterocycles. The van der Waals surface area contributed by atoms with E-state index in [0.29, 0.717) is 16.9 Å². The van der Waals surface area contributed by atoms with Crippen LogP contribution >= 0.6 is 0 Å². The number of anilines is 2. The van der Waals surface area contributed by atoms with Gasteiger partial charge >= 0.3 is 6.16 Å². The largest absolute Gasteiger partial charge is 0.513 e. The van der Waals surface area contributed by atoms with Gasteiger partial charge in [0.2, 0.25) is 5.91 Å². The van der Waals surface area contributed by atoms with Gasteiger partial charge in [-0.3, -0.25) is 9.59 Å². The average Bonchev–Trinajstić information content (AvgIpc) is 2.68. The van der Waals surface area contributed by atoms with E-state index >= 15 is 0 Å². The van der Waals surface area contributed by atoms with Crippen LogP contribution in [0.3, 0.4) is 0 Å². The van der Waals surface area contributed by atoms with E-state index in [0.717, 1.165) is 6.42 Å². The van der Waals surface area contributed by atoms with Crippen molar-refractivity contribution in [3.8, 4) is 5.75 Å². The summed E-state index contributed by atoms with van der Waals surface area (Å²) in [5.41, 5.74) is 1.61. The van der Waals surface area contributed by atoms with E-state index in [1.807, 2.05) is 6.92 Å². The first-order chi connectivity index (χ1) is 13.5. The fourth-order valence-electron chi connectivity index (χ4n) is 2.17. The third kappa shape index (κ3) is 6.60. The van der Waals surface area contributed by atoms with Crippen molar-refractivity contribution in [3.05, 3.63) is 66.2 Å². The van der Waals surface area contributed by atoms with Crippen LogP contribution in [0, 0.1) is 0 Å². The molecule has 2 rings (SSSR count). The number of allylic oxidation sites excluding steroid dienone is 1. The molecule has 7 heteroatoms. The maximum atomic E-state index is 12.3. The number of carbonyl (C=O) groups excluding carboxylic acids is 3. The molecule has 0 aliphatic carbocycles. The Morgan fingerprint density at radius 3 is 2.07 bits per heavy atom. The molecular formula is C21H22N2O5. The minimum absolute atomic E-state index is 0.205. The smallest absolute Gasteiger partial charge is 0.434 e. The van der Waals surface area contributed by atoms with Gasteiger partial charge in [0.1, 0.15) is 5.75 Å². The van der Waals surface area contributed by atoms with E-state index in [9.17, 15) is 14.4 Å². The van der Waals surface area contributed by atoms with Crippen molar-refractivity contribution in [2.45, 2.75) is 20.3 Å². The molecule has 7 nitrogen and oxygen atoms in total. The quantitative estimate of drug-likeness (QED) is 0.421. The highest BCUT2D eigenvalue weighted by atomic mass is 16.7. The summed E-state index contributed by atoms with van der Waals surface area (Å²) in [5.74, 6) is -0.235. The van der Waals surface area contributed by atoms with E-state index in [2.05, 4.69) is 15.4 Å². The molecule has 146 valence electrons. The molecule has 0 aliphatic heterocycles. The minimum atomic E-state index is -0.794. The van der Waals surface area contributed by atoms with Crippen LogP contribution in [-0.4, -0.2) is 24.6 Å². The lowest BCUT2D eigenvalue weighted by Gasteiger charge is -2.08. The van der Waals surface area contributed by atoms with Crippen LogP contribution in [0.5, 0.6) is 5.75 Å². The molecule has 0 aromatic heterocycles. The van der Waals surface area contributed by atoms with Crippen LogP contribution in [-0.2, 0) is 9.53 Å². The zero-order valence-electron chi connectivity index (χ0n) is 15.7. The lowest BCUT2D eigenvalue weighted by atomic mass is 10.2. The molecule has 2 N–H and O–H groups in total. The van der Waals surface area contributed by atoms with Crippen LogP contribution in [0.25, 0.3) is 0 Å². The van der Waals surface area contributed by atoms with Crippen LogP contribution in [0.2, 0.25) is 0 Å². The number of rotatable bonds is 7. The Labute approximate surface area is 163 Å². The molecule has 28 heavy (non-hydrogen) atoms. The van der Waals surface area contributed by atoms with Crippen molar-refractivity contribution in [1.29, 1.82) is 0 Å². The molecular weight excluding hydrogens is 360 g/mol. The number of benzene rings is 2. The summed E-state index contributed by atoms with van der Waals surface area (Å²) in [4.78, 5) is 35.2. The van der Waals surface area contributed by atoms with Crippen LogP contribution < -0.4 is 15.4 Å². The molecule has 0 aliphatic rings. The normalized spacial score (nSPS) is 10.4. The summed E-state index contributed by atoms with van der Waals surface area (Å²) >= 11 is 0. The van der Waals surface area contributed by atoms with Gasteiger partial charge in [0.25, 0.3) is 5.91 Å². The predicted octanol–water partition coefficient (Wildman–Crippen LogP) is 4.38. The van der Waals surface area contributed by atoms with Crippen molar-refractivity contribution in [3.63, 3.8) is 0 Å². The van der Waals surface area contributed by atoms with Gasteiger partial charge in [0, 0.05) is 16.9 Å². The first-order valence-corrected chi connectivity index (χ1v) is 8.85. The Morgan fingerprint density at radius 2 is 1.50 bits per heavy atom. The zero-order valence-corrected chi connectivity index (χ0v) is 15.7. The maximum Gasteiger partial charge on any atom is 0.513 e. The second kappa shape index (κ2) is 10.5. The average molecular weight is 382 g/mol. The first kappa shape index (κ1) is 20.7. The second-order valence-electron chi connectivity index (χ2n) is 5.64. The lowest BCUT2D eigenvalue weighted by molar-refractivity contribution is -0.111. The standard InChI is InChI=1S/C21H22N2O5/c1-3-5-6-19(24)22-16-9-11-17(12-10-16)23-20(25)15-7-13-18(14-8-15)28-21(26)27-4-2/h5-14H,3-4H2,1-2H3,(H,22,24)(H,23,25)/b6-5+. The highest BCUT2D eigenvalue weighted by molar-refractivity contribution is 6.04. The Morgan fingerprint density at radius 1 is 0.893 bits per heavy atom. The number of ether oxygens (including phenoxy) is 2. The van der Waals surface area contributed by atoms with E-state index in [4.69, 9.17) is 4.74 Å². The summed E-state index contributed by atoms with van der Waals surface area (Å²) in [6.07, 6.45) is 3.24. The molecule has 2 aromatic carbocycles. The topological polar surface area (TPSA) is 93.7 Å². The van der Waals surface area contributed by atoms with Crippen LogP contribution in [0.1, 0.15) is 30.6 Å². The van der Waals surface area contributed by atoms with Crippen molar-refractivity contribution >= 4 is 29.3 Å². The van der Waals surface area contributed by atoms with Crippen molar-refractivity contribution in [2.24, 2.45) is 0 Å².